The van der Waals surface area contributed by atoms with Crippen molar-refractivity contribution in [3.8, 4) is 5.69 Å². The molecule has 0 atom stereocenters. The van der Waals surface area contributed by atoms with Gasteiger partial charge in [0.05, 0.1) is 22.6 Å². The van der Waals surface area contributed by atoms with Crippen LogP contribution in [0.2, 0.25) is 0 Å². The lowest BCUT2D eigenvalue weighted by Gasteiger charge is -2.07. The predicted octanol–water partition coefficient (Wildman–Crippen LogP) is 3.14. The molecule has 0 saturated heterocycles. The number of rotatable bonds is 5. The first-order chi connectivity index (χ1) is 13.8. The second-order valence-corrected chi connectivity index (χ2v) is 8.35. The summed E-state index contributed by atoms with van der Waals surface area (Å²) in [7, 11) is -4.51. The summed E-state index contributed by atoms with van der Waals surface area (Å²) >= 11 is 0.579. The fourth-order valence-corrected chi connectivity index (χ4v) is 4.08. The average molecular weight is 434 g/mol. The van der Waals surface area contributed by atoms with Gasteiger partial charge in [-0.3, -0.25) is 4.55 Å². The number of aromatic nitrogens is 3. The van der Waals surface area contributed by atoms with Crippen LogP contribution in [0.4, 0.5) is 5.69 Å². The number of aryl methyl sites for hydroxylation is 1. The van der Waals surface area contributed by atoms with Crippen LogP contribution in [0.1, 0.15) is 5.56 Å². The molecule has 0 aliphatic carbocycles. The molecular formula is C17H14N4O6S2. The Hall–Kier alpha value is -2.74. The van der Waals surface area contributed by atoms with E-state index < -0.39 is 10.1 Å². The molecule has 1 aromatic heterocycles. The molecule has 4 aromatic rings. The molecule has 0 saturated carbocycles. The van der Waals surface area contributed by atoms with Crippen LogP contribution in [-0.2, 0) is 19.5 Å². The fraction of sp³-hybridized carbons (Fsp3) is 0.0588. The highest BCUT2D eigenvalue weighted by molar-refractivity contribution is 7.94. The molecule has 4 N–H and O–H groups in total. The Labute approximate surface area is 168 Å². The molecular weight excluding hydrogens is 420 g/mol. The first kappa shape index (κ1) is 19.6. The van der Waals surface area contributed by atoms with Gasteiger partial charge in [0.1, 0.15) is 11.0 Å². The third-order valence-corrected chi connectivity index (χ3v) is 5.83. The Morgan fingerprint density at radius 1 is 1.10 bits per heavy atom. The Bertz CT molecular complexity index is 1350. The maximum absolute atomic E-state index is 11.7. The number of hydrogen-bond donors (Lipinski definition) is 3. The smallest absolute Gasteiger partial charge is 0.294 e. The van der Waals surface area contributed by atoms with Crippen LogP contribution in [0.3, 0.4) is 0 Å². The third-order valence-electron chi connectivity index (χ3n) is 4.35. The second-order valence-electron chi connectivity index (χ2n) is 6.18. The highest BCUT2D eigenvalue weighted by Crippen LogP contribution is 2.35. The van der Waals surface area contributed by atoms with E-state index in [0.717, 1.165) is 5.56 Å². The van der Waals surface area contributed by atoms with E-state index in [9.17, 15) is 13.0 Å². The van der Waals surface area contributed by atoms with Crippen molar-refractivity contribution in [3.63, 3.8) is 0 Å². The molecule has 0 radical (unpaired) electrons. The van der Waals surface area contributed by atoms with E-state index in [1.54, 1.807) is 24.3 Å². The van der Waals surface area contributed by atoms with Gasteiger partial charge in [-0.1, -0.05) is 11.1 Å². The van der Waals surface area contributed by atoms with E-state index in [0.29, 0.717) is 45.2 Å². The minimum absolute atomic E-state index is 0.281. The molecule has 3 aromatic carbocycles. The van der Waals surface area contributed by atoms with E-state index in [2.05, 4.69) is 19.6 Å². The molecule has 10 nitrogen and oxygen atoms in total. The molecule has 29 heavy (non-hydrogen) atoms. The Balaban J connectivity index is 1.98. The van der Waals surface area contributed by atoms with Gasteiger partial charge in [0, 0.05) is 21.4 Å². The zero-order valence-corrected chi connectivity index (χ0v) is 16.4. The summed E-state index contributed by atoms with van der Waals surface area (Å²) in [5.74, 6) is 0. The molecule has 12 heteroatoms. The van der Waals surface area contributed by atoms with Gasteiger partial charge in [-0.05, 0) is 48.9 Å². The topological polar surface area (TPSA) is 150 Å². The zero-order valence-electron chi connectivity index (χ0n) is 14.8. The molecule has 0 amide bonds. The number of fused-ring (bicyclic) bond motifs is 3. The van der Waals surface area contributed by atoms with E-state index in [-0.39, 0.29) is 9.79 Å². The minimum Gasteiger partial charge on any atom is -0.399 e. The van der Waals surface area contributed by atoms with E-state index in [1.807, 2.05) is 13.0 Å². The van der Waals surface area contributed by atoms with Crippen LogP contribution < -0.4 is 5.73 Å². The van der Waals surface area contributed by atoms with Crippen LogP contribution in [-0.4, -0.2) is 33.2 Å². The number of nitrogens with two attached hydrogens (primary N) is 1. The molecule has 0 aliphatic rings. The van der Waals surface area contributed by atoms with Crippen molar-refractivity contribution in [2.75, 3.05) is 5.73 Å². The number of hydrogen-bond acceptors (Lipinski definition) is 9. The third kappa shape index (κ3) is 3.64. The lowest BCUT2D eigenvalue weighted by atomic mass is 10.1. The first-order valence-electron chi connectivity index (χ1n) is 8.10. The normalized spacial score (nSPS) is 12.1. The van der Waals surface area contributed by atoms with E-state index in [1.165, 1.54) is 16.9 Å². The molecule has 0 aliphatic heterocycles. The molecule has 0 unspecified atom stereocenters. The number of nitrogen functional groups attached to an aromatic ring is 1. The second kappa shape index (κ2) is 7.26. The van der Waals surface area contributed by atoms with E-state index >= 15 is 0 Å². The van der Waals surface area contributed by atoms with Crippen molar-refractivity contribution in [2.24, 2.45) is 0 Å². The lowest BCUT2D eigenvalue weighted by Crippen LogP contribution is -2.00. The molecule has 4 rings (SSSR count). The Morgan fingerprint density at radius 3 is 2.59 bits per heavy atom. The largest absolute Gasteiger partial charge is 0.399 e. The molecule has 1 heterocycles. The summed E-state index contributed by atoms with van der Waals surface area (Å²) in [4.78, 5) is 1.33. The fourth-order valence-electron chi connectivity index (χ4n) is 2.92. The highest BCUT2D eigenvalue weighted by atomic mass is 32.2. The van der Waals surface area contributed by atoms with Crippen molar-refractivity contribution in [1.82, 2.24) is 15.0 Å². The molecule has 0 bridgehead atoms. The van der Waals surface area contributed by atoms with Crippen molar-refractivity contribution >= 4 is 49.7 Å². The van der Waals surface area contributed by atoms with Gasteiger partial charge in [0.2, 0.25) is 0 Å². The van der Waals surface area contributed by atoms with Crippen LogP contribution >= 0.6 is 12.0 Å². The summed E-state index contributed by atoms with van der Waals surface area (Å²) in [6, 6.07) is 11.2. The Kier molecular flexibility index (Phi) is 4.90. The number of anilines is 1. The summed E-state index contributed by atoms with van der Waals surface area (Å²) < 4.78 is 37.4. The first-order valence-corrected chi connectivity index (χ1v) is 10.3. The molecule has 0 fully saturated rings. The predicted molar refractivity (Wildman–Crippen MR) is 106 cm³/mol. The Morgan fingerprint density at radius 2 is 1.90 bits per heavy atom. The lowest BCUT2D eigenvalue weighted by molar-refractivity contribution is -0.432. The van der Waals surface area contributed by atoms with Crippen molar-refractivity contribution in [1.29, 1.82) is 0 Å². The standard InChI is InChI=1S/C17H14N4O6S2/c1-9-6-10(2-4-14(9)18)21-19-15-5-3-12-13(17(15)20-21)7-11(29(23,24)25)8-16(12)28-27-26-22/h2-8,22H,18H2,1H3,(H,23,24,25). The van der Waals surface area contributed by atoms with Crippen molar-refractivity contribution in [3.05, 3.63) is 48.0 Å². The monoisotopic (exact) mass is 434 g/mol. The average Bonchev–Trinajstić information content (AvgIpc) is 3.12. The van der Waals surface area contributed by atoms with Gasteiger partial charge in [-0.2, -0.15) is 13.2 Å². The number of benzene rings is 3. The molecule has 0 spiro atoms. The van der Waals surface area contributed by atoms with Gasteiger partial charge in [0.25, 0.3) is 10.1 Å². The summed E-state index contributed by atoms with van der Waals surface area (Å²) in [5, 5.41) is 21.9. The van der Waals surface area contributed by atoms with Crippen LogP contribution in [0.5, 0.6) is 0 Å². The molecule has 150 valence electrons. The minimum atomic E-state index is -4.51. The quantitative estimate of drug-likeness (QED) is 0.140. The van der Waals surface area contributed by atoms with Crippen LogP contribution in [0, 0.1) is 6.92 Å². The van der Waals surface area contributed by atoms with Gasteiger partial charge in [0.15, 0.2) is 0 Å². The van der Waals surface area contributed by atoms with E-state index in [4.69, 9.17) is 11.0 Å². The van der Waals surface area contributed by atoms with Crippen molar-refractivity contribution < 1.29 is 27.6 Å². The van der Waals surface area contributed by atoms with Crippen LogP contribution in [0.15, 0.2) is 52.3 Å². The maximum Gasteiger partial charge on any atom is 0.294 e. The summed E-state index contributed by atoms with van der Waals surface area (Å²) in [6.07, 6.45) is 0. The maximum atomic E-state index is 11.7. The van der Waals surface area contributed by atoms with Gasteiger partial charge in [-0.25, -0.2) is 5.26 Å². The SMILES string of the molecule is Cc1cc(-n2nc3ccc4c(SOOO)cc(S(=O)(=O)O)cc4c3n2)ccc1N. The summed E-state index contributed by atoms with van der Waals surface area (Å²) in [6.45, 7) is 1.86. The summed E-state index contributed by atoms with van der Waals surface area (Å²) in [5.41, 5.74) is 8.96. The van der Waals surface area contributed by atoms with Gasteiger partial charge < -0.3 is 5.73 Å². The highest BCUT2D eigenvalue weighted by Gasteiger charge is 2.18. The van der Waals surface area contributed by atoms with Crippen molar-refractivity contribution in [2.45, 2.75) is 16.7 Å². The zero-order chi connectivity index (χ0) is 20.8. The number of nitrogens with zero attached hydrogens (tertiary/aromatic N) is 3. The van der Waals surface area contributed by atoms with Crippen LogP contribution in [0.25, 0.3) is 27.5 Å². The van der Waals surface area contributed by atoms with Gasteiger partial charge in [-0.15, -0.1) is 14.5 Å². The van der Waals surface area contributed by atoms with Gasteiger partial charge >= 0.3 is 0 Å².